The summed E-state index contributed by atoms with van der Waals surface area (Å²) < 4.78 is 0. The predicted molar refractivity (Wildman–Crippen MR) is 169 cm³/mol. The summed E-state index contributed by atoms with van der Waals surface area (Å²) in [6, 6.07) is 35.1. The Morgan fingerprint density at radius 3 is 2.24 bits per heavy atom. The first-order valence-corrected chi connectivity index (χ1v) is 14.0. The summed E-state index contributed by atoms with van der Waals surface area (Å²) in [5, 5.41) is 10.4. The summed E-state index contributed by atoms with van der Waals surface area (Å²) in [7, 11) is 0. The summed E-state index contributed by atoms with van der Waals surface area (Å²) in [5.41, 5.74) is 4.54. The zero-order chi connectivity index (χ0) is 28.6. The molecule has 204 valence electrons. The van der Waals surface area contributed by atoms with Crippen LogP contribution in [0.25, 0.3) is 45.3 Å². The lowest BCUT2D eigenvalue weighted by Crippen LogP contribution is -2.36. The zero-order valence-corrected chi connectivity index (χ0v) is 23.0. The van der Waals surface area contributed by atoms with Gasteiger partial charge in [-0.2, -0.15) is 0 Å². The maximum absolute atomic E-state index is 13.2. The van der Waals surface area contributed by atoms with E-state index < -0.39 is 0 Å². The standard InChI is InChI=1S/C36H28N4O2/c1-22-18-25-7-4-5-9-27(25)20-31(22)36(42)38-30-16-17-32-33(21-30)40-34(39-32)24-12-14-29(15-13-24)37-35(41)28-11-10-23-6-2-3-8-26(23)19-28/h2-22,31H,1H3,(H,37,41)(H,38,42)(H,39,40). The highest BCUT2D eigenvalue weighted by molar-refractivity contribution is 6.06. The van der Waals surface area contributed by atoms with Crippen molar-refractivity contribution in [2.75, 3.05) is 10.6 Å². The molecule has 1 aliphatic carbocycles. The van der Waals surface area contributed by atoms with Crippen LogP contribution in [0.4, 0.5) is 11.4 Å². The summed E-state index contributed by atoms with van der Waals surface area (Å²) in [5.74, 6) is 0.375. The number of fused-ring (bicyclic) bond motifs is 3. The monoisotopic (exact) mass is 548 g/mol. The number of amides is 2. The number of imidazole rings is 1. The van der Waals surface area contributed by atoms with Gasteiger partial charge in [0.25, 0.3) is 5.91 Å². The minimum absolute atomic E-state index is 0.0336. The van der Waals surface area contributed by atoms with E-state index in [4.69, 9.17) is 4.98 Å². The normalized spacial score (nSPS) is 15.8. The highest BCUT2D eigenvalue weighted by Crippen LogP contribution is 2.26. The second kappa shape index (κ2) is 10.5. The third kappa shape index (κ3) is 4.95. The van der Waals surface area contributed by atoms with Crippen molar-refractivity contribution in [1.82, 2.24) is 9.97 Å². The van der Waals surface area contributed by atoms with Gasteiger partial charge in [0.1, 0.15) is 5.82 Å². The molecular formula is C36H28N4O2. The van der Waals surface area contributed by atoms with Gasteiger partial charge < -0.3 is 15.6 Å². The molecule has 7 rings (SSSR count). The van der Waals surface area contributed by atoms with E-state index in [1.54, 1.807) is 0 Å². The molecule has 5 aromatic carbocycles. The number of nitrogens with zero attached hydrogens (tertiary/aromatic N) is 1. The molecule has 0 bridgehead atoms. The van der Waals surface area contributed by atoms with Crippen LogP contribution in [0.2, 0.25) is 0 Å². The van der Waals surface area contributed by atoms with E-state index >= 15 is 0 Å². The Bertz CT molecular complexity index is 2110. The third-order valence-electron chi connectivity index (χ3n) is 7.84. The van der Waals surface area contributed by atoms with Crippen LogP contribution < -0.4 is 21.1 Å². The molecule has 0 spiro atoms. The van der Waals surface area contributed by atoms with Crippen LogP contribution in [0.5, 0.6) is 0 Å². The molecule has 0 saturated carbocycles. The molecule has 3 N–H and O–H groups in total. The van der Waals surface area contributed by atoms with E-state index in [2.05, 4.69) is 40.8 Å². The van der Waals surface area contributed by atoms with Crippen LogP contribution in [0.3, 0.4) is 0 Å². The number of carbonyl (C=O) groups is 2. The van der Waals surface area contributed by atoms with Crippen LogP contribution in [0.15, 0.2) is 109 Å². The minimum Gasteiger partial charge on any atom is -0.338 e. The molecule has 2 atom stereocenters. The molecular weight excluding hydrogens is 520 g/mol. The number of aromatic nitrogens is 2. The molecule has 42 heavy (non-hydrogen) atoms. The average molecular weight is 549 g/mol. The fourth-order valence-corrected chi connectivity index (χ4v) is 5.56. The van der Waals surface area contributed by atoms with E-state index in [9.17, 15) is 9.59 Å². The Morgan fingerprint density at radius 2 is 1.43 bits per heavy atom. The first kappa shape index (κ1) is 25.5. The second-order valence-electron chi connectivity index (χ2n) is 10.7. The van der Waals surface area contributed by atoms with Crippen molar-refractivity contribution in [3.63, 3.8) is 0 Å². The highest BCUT2D eigenvalue weighted by atomic mass is 16.2. The van der Waals surface area contributed by atoms with E-state index in [0.29, 0.717) is 22.8 Å². The van der Waals surface area contributed by atoms with E-state index in [1.165, 1.54) is 5.22 Å². The number of hydrogen-bond donors (Lipinski definition) is 3. The lowest BCUT2D eigenvalue weighted by Gasteiger charge is -2.20. The van der Waals surface area contributed by atoms with E-state index in [1.807, 2.05) is 103 Å². The first-order chi connectivity index (χ1) is 20.5. The Morgan fingerprint density at radius 1 is 0.714 bits per heavy atom. The SMILES string of the molecule is CC1C=c2ccccc2=CC1C(=O)Nc1ccc2nc(-c3ccc(NC(=O)c4ccc5ccccc5c4)cc3)[nH]c2c1. The van der Waals surface area contributed by atoms with Crippen LogP contribution >= 0.6 is 0 Å². The fraction of sp³-hybridized carbons (Fsp3) is 0.0833. The average Bonchev–Trinajstić information content (AvgIpc) is 3.44. The van der Waals surface area contributed by atoms with Gasteiger partial charge in [-0.25, -0.2) is 4.98 Å². The van der Waals surface area contributed by atoms with Crippen molar-refractivity contribution in [2.24, 2.45) is 11.8 Å². The maximum Gasteiger partial charge on any atom is 0.255 e. The molecule has 0 saturated heterocycles. The number of H-pyrrole nitrogens is 1. The number of aromatic amines is 1. The number of hydrogen-bond acceptors (Lipinski definition) is 3. The van der Waals surface area contributed by atoms with Gasteiger partial charge in [-0.15, -0.1) is 0 Å². The molecule has 1 heterocycles. The van der Waals surface area contributed by atoms with Crippen molar-refractivity contribution < 1.29 is 9.59 Å². The molecule has 6 heteroatoms. The molecule has 6 aromatic rings. The Balaban J connectivity index is 1.05. The topological polar surface area (TPSA) is 86.9 Å². The predicted octanol–water partition coefficient (Wildman–Crippen LogP) is 6.10. The highest BCUT2D eigenvalue weighted by Gasteiger charge is 2.23. The van der Waals surface area contributed by atoms with Crippen LogP contribution in [-0.2, 0) is 4.79 Å². The molecule has 2 unspecified atom stereocenters. The van der Waals surface area contributed by atoms with Gasteiger partial charge in [0.15, 0.2) is 0 Å². The van der Waals surface area contributed by atoms with Crippen molar-refractivity contribution in [3.05, 3.63) is 125 Å². The summed E-state index contributed by atoms with van der Waals surface area (Å²) in [4.78, 5) is 34.1. The fourth-order valence-electron chi connectivity index (χ4n) is 5.56. The van der Waals surface area contributed by atoms with Gasteiger partial charge in [0.05, 0.1) is 17.0 Å². The van der Waals surface area contributed by atoms with E-state index in [0.717, 1.165) is 32.6 Å². The van der Waals surface area contributed by atoms with Gasteiger partial charge >= 0.3 is 0 Å². The molecule has 0 radical (unpaired) electrons. The van der Waals surface area contributed by atoms with Gasteiger partial charge in [0.2, 0.25) is 5.91 Å². The Kier molecular flexibility index (Phi) is 6.36. The number of benzene rings is 5. The van der Waals surface area contributed by atoms with E-state index in [-0.39, 0.29) is 23.7 Å². The number of rotatable bonds is 5. The van der Waals surface area contributed by atoms with Crippen LogP contribution in [-0.4, -0.2) is 21.8 Å². The van der Waals surface area contributed by atoms with Gasteiger partial charge in [-0.1, -0.05) is 73.7 Å². The zero-order valence-electron chi connectivity index (χ0n) is 23.0. The molecule has 1 aromatic heterocycles. The van der Waals surface area contributed by atoms with Crippen LogP contribution in [0.1, 0.15) is 17.3 Å². The van der Waals surface area contributed by atoms with Crippen molar-refractivity contribution in [1.29, 1.82) is 0 Å². The summed E-state index contributed by atoms with van der Waals surface area (Å²) >= 11 is 0. The largest absolute Gasteiger partial charge is 0.338 e. The Labute approximate surface area is 242 Å². The molecule has 0 fully saturated rings. The Hall–Kier alpha value is -5.49. The van der Waals surface area contributed by atoms with Gasteiger partial charge in [-0.05, 0) is 81.7 Å². The summed E-state index contributed by atoms with van der Waals surface area (Å²) in [6.07, 6.45) is 4.21. The molecule has 1 aliphatic rings. The summed E-state index contributed by atoms with van der Waals surface area (Å²) in [6.45, 7) is 2.07. The number of nitrogens with one attached hydrogen (secondary N) is 3. The van der Waals surface area contributed by atoms with Crippen LogP contribution in [0, 0.1) is 11.8 Å². The van der Waals surface area contributed by atoms with Gasteiger partial charge in [-0.3, -0.25) is 9.59 Å². The minimum atomic E-state index is -0.242. The molecule has 0 aliphatic heterocycles. The number of anilines is 2. The van der Waals surface area contributed by atoms with Gasteiger partial charge in [0, 0.05) is 22.5 Å². The number of carbonyl (C=O) groups excluding carboxylic acids is 2. The lowest BCUT2D eigenvalue weighted by molar-refractivity contribution is -0.118. The van der Waals surface area contributed by atoms with Crippen molar-refractivity contribution >= 4 is 57.1 Å². The third-order valence-corrected chi connectivity index (χ3v) is 7.84. The second-order valence-corrected chi connectivity index (χ2v) is 10.7. The molecule has 6 nitrogen and oxygen atoms in total. The smallest absolute Gasteiger partial charge is 0.255 e. The van der Waals surface area contributed by atoms with Crippen molar-refractivity contribution in [3.8, 4) is 11.4 Å². The quantitative estimate of drug-likeness (QED) is 0.243. The molecule has 2 amide bonds. The van der Waals surface area contributed by atoms with Crippen molar-refractivity contribution in [2.45, 2.75) is 6.92 Å². The lowest BCUT2D eigenvalue weighted by atomic mass is 9.87. The maximum atomic E-state index is 13.2. The first-order valence-electron chi connectivity index (χ1n) is 14.0.